The first kappa shape index (κ1) is 33.2. The molecule has 1 saturated carbocycles. The summed E-state index contributed by atoms with van der Waals surface area (Å²) in [6.45, 7) is 15.3. The van der Waals surface area contributed by atoms with Gasteiger partial charge >= 0.3 is 0 Å². The summed E-state index contributed by atoms with van der Waals surface area (Å²) in [7, 11) is -2.11. The van der Waals surface area contributed by atoms with Crippen molar-refractivity contribution in [1.29, 1.82) is 0 Å². The molecule has 2 heterocycles. The Morgan fingerprint density at radius 1 is 0.976 bits per heavy atom. The summed E-state index contributed by atoms with van der Waals surface area (Å²) >= 11 is 0. The first-order valence-electron chi connectivity index (χ1n) is 16.1. The molecule has 0 N–H and O–H groups in total. The van der Waals surface area contributed by atoms with Crippen LogP contribution < -0.4 is 4.74 Å². The van der Waals surface area contributed by atoms with Gasteiger partial charge in [0, 0.05) is 37.7 Å². The van der Waals surface area contributed by atoms with Crippen molar-refractivity contribution in [2.45, 2.75) is 128 Å². The van der Waals surface area contributed by atoms with Gasteiger partial charge in [-0.3, -0.25) is 0 Å². The van der Waals surface area contributed by atoms with Gasteiger partial charge < -0.3 is 32.9 Å². The molecule has 1 aromatic rings. The van der Waals surface area contributed by atoms with Gasteiger partial charge in [-0.2, -0.15) is 0 Å². The van der Waals surface area contributed by atoms with Gasteiger partial charge in [-0.15, -0.1) is 0 Å². The lowest BCUT2D eigenvalue weighted by Crippen LogP contribution is -2.45. The predicted octanol–water partition coefficient (Wildman–Crippen LogP) is 7.72. The largest absolute Gasteiger partial charge is 0.493 e. The van der Waals surface area contributed by atoms with E-state index in [0.29, 0.717) is 32.5 Å². The average molecular weight is 603 g/mol. The zero-order valence-electron chi connectivity index (χ0n) is 26.8. The van der Waals surface area contributed by atoms with Gasteiger partial charge in [0.05, 0.1) is 25.4 Å². The molecular formula is C34H54O7Si. The van der Waals surface area contributed by atoms with E-state index in [9.17, 15) is 4.79 Å². The van der Waals surface area contributed by atoms with Gasteiger partial charge in [0.2, 0.25) is 0 Å². The van der Waals surface area contributed by atoms with Crippen LogP contribution in [0.3, 0.4) is 0 Å². The SMILES string of the molecule is Cc1ccc(OCC/C=C(/OC2CCCCO2)[C@H]2[C@@H](OC3CCCCO3)CC(O[Si](C)(C)C(C)(C)C)[C@H]2CC=O)cc1. The third-order valence-electron chi connectivity index (χ3n) is 9.38. The summed E-state index contributed by atoms with van der Waals surface area (Å²) in [5.74, 6) is 1.49. The van der Waals surface area contributed by atoms with Gasteiger partial charge in [0.25, 0.3) is 0 Å². The zero-order chi connectivity index (χ0) is 30.2. The van der Waals surface area contributed by atoms with Crippen LogP contribution >= 0.6 is 0 Å². The minimum absolute atomic E-state index is 0.0536. The lowest BCUT2D eigenvalue weighted by atomic mass is 9.88. The second-order valence-corrected chi connectivity index (χ2v) is 18.4. The van der Waals surface area contributed by atoms with Gasteiger partial charge in [-0.1, -0.05) is 38.5 Å². The van der Waals surface area contributed by atoms with Crippen molar-refractivity contribution in [3.05, 3.63) is 41.7 Å². The minimum Gasteiger partial charge on any atom is -0.493 e. The van der Waals surface area contributed by atoms with Crippen LogP contribution in [-0.4, -0.2) is 59.2 Å². The summed E-state index contributed by atoms with van der Waals surface area (Å²) in [5.41, 5.74) is 1.20. The molecule has 2 aliphatic heterocycles. The highest BCUT2D eigenvalue weighted by molar-refractivity contribution is 6.74. The first-order valence-corrected chi connectivity index (χ1v) is 19.0. The third kappa shape index (κ3) is 9.15. The fourth-order valence-electron chi connectivity index (χ4n) is 5.94. The summed E-state index contributed by atoms with van der Waals surface area (Å²) in [4.78, 5) is 12.2. The van der Waals surface area contributed by atoms with Crippen LogP contribution in [0.15, 0.2) is 36.1 Å². The van der Waals surface area contributed by atoms with E-state index >= 15 is 0 Å². The van der Waals surface area contributed by atoms with Crippen molar-refractivity contribution in [3.8, 4) is 5.75 Å². The Bertz CT molecular complexity index is 990. The van der Waals surface area contributed by atoms with Gasteiger partial charge in [-0.25, -0.2) is 0 Å². The van der Waals surface area contributed by atoms with Crippen LogP contribution in [0.1, 0.15) is 84.1 Å². The van der Waals surface area contributed by atoms with Crippen molar-refractivity contribution in [2.75, 3.05) is 19.8 Å². The number of benzene rings is 1. The molecular weight excluding hydrogens is 548 g/mol. The number of aryl methyl sites for hydroxylation is 1. The predicted molar refractivity (Wildman–Crippen MR) is 167 cm³/mol. The standard InChI is InChI=1S/C34H54O7Si/c1-25-15-17-26(18-16-25)36-23-11-12-28(39-31-13-7-9-21-37-31)33-27(19-20-35)29(41-42(5,6)34(2,3)4)24-30(33)40-32-14-8-10-22-38-32/h12,15-18,20,27,29-33H,7-11,13-14,19,21-24H2,1-6H3/b28-12+/t27-,29?,30+,31?,32?,33+/m1/s1. The summed E-state index contributed by atoms with van der Waals surface area (Å²) in [6, 6.07) is 8.11. The maximum Gasteiger partial charge on any atom is 0.199 e. The minimum atomic E-state index is -2.11. The molecule has 1 aromatic carbocycles. The van der Waals surface area contributed by atoms with Crippen molar-refractivity contribution >= 4 is 14.6 Å². The topological polar surface area (TPSA) is 72.5 Å². The number of carbonyl (C=O) groups is 1. The lowest BCUT2D eigenvalue weighted by molar-refractivity contribution is -0.201. The van der Waals surface area contributed by atoms with E-state index in [-0.39, 0.29) is 41.7 Å². The highest BCUT2D eigenvalue weighted by Gasteiger charge is 2.51. The van der Waals surface area contributed by atoms with Crippen molar-refractivity contribution in [2.24, 2.45) is 11.8 Å². The molecule has 42 heavy (non-hydrogen) atoms. The number of ether oxygens (including phenoxy) is 5. The summed E-state index contributed by atoms with van der Waals surface area (Å²) < 4.78 is 38.6. The van der Waals surface area contributed by atoms with E-state index in [1.165, 1.54) is 5.56 Å². The molecule has 0 spiro atoms. The fourth-order valence-corrected chi connectivity index (χ4v) is 7.32. The molecule has 0 bridgehead atoms. The molecule has 4 rings (SSSR count). The number of hydrogen-bond acceptors (Lipinski definition) is 7. The van der Waals surface area contributed by atoms with Crippen molar-refractivity contribution < 1.29 is 32.9 Å². The molecule has 7 nitrogen and oxygen atoms in total. The maximum absolute atomic E-state index is 12.2. The first-order chi connectivity index (χ1) is 20.1. The molecule has 1 aliphatic carbocycles. The van der Waals surface area contributed by atoms with Crippen molar-refractivity contribution in [3.63, 3.8) is 0 Å². The Hall–Kier alpha value is -1.71. The Morgan fingerprint density at radius 2 is 1.64 bits per heavy atom. The molecule has 0 amide bonds. The molecule has 236 valence electrons. The van der Waals surface area contributed by atoms with E-state index in [2.05, 4.69) is 59.0 Å². The van der Waals surface area contributed by atoms with Crippen LogP contribution in [0.25, 0.3) is 0 Å². The molecule has 6 atom stereocenters. The molecule has 0 radical (unpaired) electrons. The lowest BCUT2D eigenvalue weighted by Gasteiger charge is -2.40. The van der Waals surface area contributed by atoms with Crippen molar-refractivity contribution in [1.82, 2.24) is 0 Å². The van der Waals surface area contributed by atoms with Gasteiger partial charge in [0.1, 0.15) is 17.8 Å². The molecule has 3 aliphatic rings. The Morgan fingerprint density at radius 3 is 2.24 bits per heavy atom. The second-order valence-electron chi connectivity index (χ2n) is 13.7. The Kier molecular flexibility index (Phi) is 12.1. The molecule has 2 saturated heterocycles. The monoisotopic (exact) mass is 602 g/mol. The van der Waals surface area contributed by atoms with E-state index in [0.717, 1.165) is 62.9 Å². The molecule has 3 fully saturated rings. The quantitative estimate of drug-likeness (QED) is 0.0991. The van der Waals surface area contributed by atoms with Crippen LogP contribution in [-0.2, 0) is 28.2 Å². The normalized spacial score (nSPS) is 29.3. The van der Waals surface area contributed by atoms with E-state index in [1.54, 1.807) is 0 Å². The number of carbonyl (C=O) groups excluding carboxylic acids is 1. The second kappa shape index (κ2) is 15.3. The smallest absolute Gasteiger partial charge is 0.199 e. The van der Waals surface area contributed by atoms with Crippen LogP contribution in [0.2, 0.25) is 18.1 Å². The maximum atomic E-state index is 12.2. The van der Waals surface area contributed by atoms with Crippen LogP contribution in [0.4, 0.5) is 0 Å². The Balaban J connectivity index is 1.61. The zero-order valence-corrected chi connectivity index (χ0v) is 27.8. The highest BCUT2D eigenvalue weighted by atomic mass is 28.4. The number of hydrogen-bond donors (Lipinski definition) is 0. The van der Waals surface area contributed by atoms with E-state index in [1.807, 2.05) is 12.1 Å². The van der Waals surface area contributed by atoms with Gasteiger partial charge in [0.15, 0.2) is 20.9 Å². The van der Waals surface area contributed by atoms with Gasteiger partial charge in [-0.05, 0) is 81.8 Å². The molecule has 8 heteroatoms. The molecule has 0 aromatic heterocycles. The number of rotatable bonds is 13. The van der Waals surface area contributed by atoms with Crippen LogP contribution in [0, 0.1) is 18.8 Å². The molecule has 3 unspecified atom stereocenters. The summed E-state index contributed by atoms with van der Waals surface area (Å²) in [6.07, 6.45) is 10.1. The van der Waals surface area contributed by atoms with Crippen LogP contribution in [0.5, 0.6) is 5.75 Å². The Labute approximate surface area is 254 Å². The highest BCUT2D eigenvalue weighted by Crippen LogP contribution is 2.47. The van der Waals surface area contributed by atoms with E-state index in [4.69, 9.17) is 28.1 Å². The van der Waals surface area contributed by atoms with E-state index < -0.39 is 8.32 Å². The third-order valence-corrected chi connectivity index (χ3v) is 13.9. The number of aldehydes is 1. The fraction of sp³-hybridized carbons (Fsp3) is 0.735. The average Bonchev–Trinajstić information content (AvgIpc) is 3.27. The summed E-state index contributed by atoms with van der Waals surface area (Å²) in [5, 5.41) is 0.0536.